The summed E-state index contributed by atoms with van der Waals surface area (Å²) in [6, 6.07) is 0. The second kappa shape index (κ2) is 3.39. The van der Waals surface area contributed by atoms with Gasteiger partial charge in [0, 0.05) is 0 Å². The Morgan fingerprint density at radius 1 is 1.73 bits per heavy atom. The van der Waals surface area contributed by atoms with Gasteiger partial charge in [0.2, 0.25) is 0 Å². The molecule has 1 aromatic rings. The average Bonchev–Trinajstić information content (AvgIpc) is 2.04. The minimum absolute atomic E-state index is 0.178. The zero-order valence-electron chi connectivity index (χ0n) is 5.91. The number of hydrogen-bond donors (Lipinski definition) is 1. The van der Waals surface area contributed by atoms with Crippen LogP contribution in [0.5, 0.6) is 11.6 Å². The van der Waals surface area contributed by atoms with E-state index in [4.69, 9.17) is 21.4 Å². The van der Waals surface area contributed by atoms with Gasteiger partial charge in [-0.15, -0.1) is 11.6 Å². The van der Waals surface area contributed by atoms with Crippen molar-refractivity contribution < 1.29 is 9.84 Å². The zero-order chi connectivity index (χ0) is 8.27. The number of nitrogens with zero attached hydrogens (tertiary/aromatic N) is 2. The van der Waals surface area contributed by atoms with E-state index in [0.29, 0.717) is 5.82 Å². The molecule has 11 heavy (non-hydrogen) atoms. The standard InChI is InChI=1S/C6H7ClN2O2/c1-11-4-3-8-5(2-7)9-6(4)10/h3H,2H2,1H3,(H,8,9,10). The van der Waals surface area contributed by atoms with Crippen LogP contribution in [0.15, 0.2) is 6.20 Å². The number of aromatic hydroxyl groups is 1. The van der Waals surface area contributed by atoms with E-state index in [1.165, 1.54) is 13.3 Å². The minimum atomic E-state index is -0.182. The van der Waals surface area contributed by atoms with Crippen LogP contribution in [-0.4, -0.2) is 22.2 Å². The monoisotopic (exact) mass is 174 g/mol. The first kappa shape index (κ1) is 8.07. The largest absolute Gasteiger partial charge is 0.491 e. The fourth-order valence-corrected chi connectivity index (χ4v) is 0.734. The predicted octanol–water partition coefficient (Wildman–Crippen LogP) is 0.930. The number of rotatable bonds is 2. The first-order valence-electron chi connectivity index (χ1n) is 2.92. The second-order valence-corrected chi connectivity index (χ2v) is 2.08. The Morgan fingerprint density at radius 2 is 2.45 bits per heavy atom. The van der Waals surface area contributed by atoms with Crippen molar-refractivity contribution in [3.05, 3.63) is 12.0 Å². The Balaban J connectivity index is 2.99. The molecule has 0 amide bonds. The Labute approximate surface area is 68.8 Å². The van der Waals surface area contributed by atoms with Gasteiger partial charge < -0.3 is 9.84 Å². The lowest BCUT2D eigenvalue weighted by atomic mass is 10.5. The molecule has 4 nitrogen and oxygen atoms in total. The van der Waals surface area contributed by atoms with E-state index < -0.39 is 0 Å². The summed E-state index contributed by atoms with van der Waals surface area (Å²) in [5, 5.41) is 9.09. The lowest BCUT2D eigenvalue weighted by molar-refractivity contribution is 0.359. The van der Waals surface area contributed by atoms with Crippen molar-refractivity contribution in [2.75, 3.05) is 7.11 Å². The lowest BCUT2D eigenvalue weighted by Gasteiger charge is -2.01. The molecule has 60 valence electrons. The number of methoxy groups -OCH3 is 1. The summed E-state index contributed by atoms with van der Waals surface area (Å²) in [7, 11) is 1.43. The van der Waals surface area contributed by atoms with Crippen LogP contribution in [0.1, 0.15) is 5.82 Å². The van der Waals surface area contributed by atoms with E-state index in [-0.39, 0.29) is 17.5 Å². The van der Waals surface area contributed by atoms with Crippen molar-refractivity contribution in [3.63, 3.8) is 0 Å². The molecule has 5 heteroatoms. The third-order valence-electron chi connectivity index (χ3n) is 1.13. The molecule has 0 bridgehead atoms. The minimum Gasteiger partial charge on any atom is -0.491 e. The van der Waals surface area contributed by atoms with Gasteiger partial charge in [0.15, 0.2) is 5.75 Å². The van der Waals surface area contributed by atoms with Crippen molar-refractivity contribution >= 4 is 11.6 Å². The average molecular weight is 175 g/mol. The molecular formula is C6H7ClN2O2. The van der Waals surface area contributed by atoms with Gasteiger partial charge in [-0.2, -0.15) is 4.98 Å². The number of aromatic nitrogens is 2. The molecule has 1 N–H and O–H groups in total. The van der Waals surface area contributed by atoms with E-state index in [1.807, 2.05) is 0 Å². The second-order valence-electron chi connectivity index (χ2n) is 1.81. The maximum Gasteiger partial charge on any atom is 0.258 e. The van der Waals surface area contributed by atoms with Crippen molar-refractivity contribution in [2.45, 2.75) is 5.88 Å². The molecule has 0 fully saturated rings. The van der Waals surface area contributed by atoms with E-state index in [2.05, 4.69) is 9.97 Å². The summed E-state index contributed by atoms with van der Waals surface area (Å²) in [5.74, 6) is 0.624. The van der Waals surface area contributed by atoms with E-state index in [9.17, 15) is 0 Å². The summed E-state index contributed by atoms with van der Waals surface area (Å²) >= 11 is 5.42. The van der Waals surface area contributed by atoms with E-state index >= 15 is 0 Å². The van der Waals surface area contributed by atoms with Crippen LogP contribution in [0, 0.1) is 0 Å². The smallest absolute Gasteiger partial charge is 0.258 e. The molecule has 0 saturated carbocycles. The molecule has 0 spiro atoms. The van der Waals surface area contributed by atoms with Crippen LogP contribution in [0.25, 0.3) is 0 Å². The fraction of sp³-hybridized carbons (Fsp3) is 0.333. The number of alkyl halides is 1. The predicted molar refractivity (Wildman–Crippen MR) is 39.8 cm³/mol. The fourth-order valence-electron chi connectivity index (χ4n) is 0.605. The molecule has 0 atom stereocenters. The lowest BCUT2D eigenvalue weighted by Crippen LogP contribution is -1.93. The molecular weight excluding hydrogens is 168 g/mol. The van der Waals surface area contributed by atoms with Gasteiger partial charge >= 0.3 is 0 Å². The quantitative estimate of drug-likeness (QED) is 0.678. The van der Waals surface area contributed by atoms with Crippen LogP contribution in [0.4, 0.5) is 0 Å². The van der Waals surface area contributed by atoms with E-state index in [0.717, 1.165) is 0 Å². The number of ether oxygens (including phenoxy) is 1. The molecule has 0 saturated heterocycles. The van der Waals surface area contributed by atoms with Crippen molar-refractivity contribution in [2.24, 2.45) is 0 Å². The van der Waals surface area contributed by atoms with Crippen molar-refractivity contribution in [1.82, 2.24) is 9.97 Å². The van der Waals surface area contributed by atoms with Gasteiger partial charge in [0.1, 0.15) is 5.82 Å². The summed E-state index contributed by atoms with van der Waals surface area (Å²) < 4.78 is 4.73. The maximum absolute atomic E-state index is 9.09. The van der Waals surface area contributed by atoms with Gasteiger partial charge in [-0.25, -0.2) is 4.98 Å². The highest BCUT2D eigenvalue weighted by Crippen LogP contribution is 2.20. The maximum atomic E-state index is 9.09. The Bertz CT molecular complexity index is 254. The third kappa shape index (κ3) is 1.71. The van der Waals surface area contributed by atoms with Crippen LogP contribution < -0.4 is 4.74 Å². The van der Waals surface area contributed by atoms with Crippen LogP contribution in [0.3, 0.4) is 0 Å². The molecule has 1 aromatic heterocycles. The molecule has 0 aliphatic rings. The zero-order valence-corrected chi connectivity index (χ0v) is 6.67. The number of halogens is 1. The summed E-state index contributed by atoms with van der Waals surface area (Å²) in [5.41, 5.74) is 0. The Morgan fingerprint density at radius 3 is 2.91 bits per heavy atom. The van der Waals surface area contributed by atoms with Gasteiger partial charge in [-0.1, -0.05) is 0 Å². The molecule has 0 unspecified atom stereocenters. The van der Waals surface area contributed by atoms with Crippen LogP contribution in [0.2, 0.25) is 0 Å². The summed E-state index contributed by atoms with van der Waals surface area (Å²) in [4.78, 5) is 7.45. The normalized spacial score (nSPS) is 9.64. The highest BCUT2D eigenvalue weighted by molar-refractivity contribution is 6.16. The Kier molecular flexibility index (Phi) is 2.48. The highest BCUT2D eigenvalue weighted by atomic mass is 35.5. The number of hydrogen-bond acceptors (Lipinski definition) is 4. The molecule has 1 heterocycles. The first-order chi connectivity index (χ1) is 5.27. The highest BCUT2D eigenvalue weighted by Gasteiger charge is 2.03. The molecule has 0 aromatic carbocycles. The molecule has 0 aliphatic carbocycles. The first-order valence-corrected chi connectivity index (χ1v) is 3.46. The van der Waals surface area contributed by atoms with Crippen LogP contribution in [-0.2, 0) is 5.88 Å². The summed E-state index contributed by atoms with van der Waals surface area (Å²) in [6.07, 6.45) is 1.38. The van der Waals surface area contributed by atoms with Crippen molar-refractivity contribution in [3.8, 4) is 11.6 Å². The molecule has 0 radical (unpaired) electrons. The van der Waals surface area contributed by atoms with Gasteiger partial charge in [-0.3, -0.25) is 0 Å². The summed E-state index contributed by atoms with van der Waals surface area (Å²) in [6.45, 7) is 0. The molecule has 1 rings (SSSR count). The topological polar surface area (TPSA) is 55.2 Å². The van der Waals surface area contributed by atoms with Gasteiger partial charge in [0.05, 0.1) is 19.2 Å². The van der Waals surface area contributed by atoms with Gasteiger partial charge in [0.25, 0.3) is 5.88 Å². The van der Waals surface area contributed by atoms with Crippen molar-refractivity contribution in [1.29, 1.82) is 0 Å². The van der Waals surface area contributed by atoms with Crippen LogP contribution >= 0.6 is 11.6 Å². The van der Waals surface area contributed by atoms with Gasteiger partial charge in [-0.05, 0) is 0 Å². The van der Waals surface area contributed by atoms with E-state index in [1.54, 1.807) is 0 Å². The third-order valence-corrected chi connectivity index (χ3v) is 1.36. The molecule has 0 aliphatic heterocycles. The Hall–Kier alpha value is -1.03. The SMILES string of the molecule is COc1cnc(CCl)nc1O.